The van der Waals surface area contributed by atoms with Crippen molar-refractivity contribution in [3.8, 4) is 0 Å². The lowest BCUT2D eigenvalue weighted by Gasteiger charge is -2.32. The minimum absolute atomic E-state index is 0.384. The SMILES string of the molecule is CC1(C)OC(c2ccccn2)=Nc2ccccc21. The Labute approximate surface area is 106 Å². The summed E-state index contributed by atoms with van der Waals surface area (Å²) in [6.45, 7) is 4.09. The molecule has 0 spiro atoms. The fourth-order valence-corrected chi connectivity index (χ4v) is 2.11. The van der Waals surface area contributed by atoms with Crippen LogP contribution < -0.4 is 0 Å². The van der Waals surface area contributed by atoms with Crippen LogP contribution in [0, 0.1) is 0 Å². The summed E-state index contributed by atoms with van der Waals surface area (Å²) in [4.78, 5) is 8.83. The molecular weight excluding hydrogens is 224 g/mol. The van der Waals surface area contributed by atoms with Crippen molar-refractivity contribution >= 4 is 11.6 Å². The van der Waals surface area contributed by atoms with Crippen molar-refractivity contribution in [3.63, 3.8) is 0 Å². The monoisotopic (exact) mass is 238 g/mol. The molecular formula is C15H14N2O. The number of para-hydroxylation sites is 1. The quantitative estimate of drug-likeness (QED) is 0.762. The van der Waals surface area contributed by atoms with Crippen LogP contribution in [0.5, 0.6) is 0 Å². The van der Waals surface area contributed by atoms with Crippen molar-refractivity contribution in [3.05, 3.63) is 59.9 Å². The van der Waals surface area contributed by atoms with Crippen molar-refractivity contribution in [2.45, 2.75) is 19.4 Å². The summed E-state index contributed by atoms with van der Waals surface area (Å²) in [6, 6.07) is 13.8. The molecule has 0 fully saturated rings. The Kier molecular flexibility index (Phi) is 2.40. The van der Waals surface area contributed by atoms with Crippen LogP contribution in [0.4, 0.5) is 5.69 Å². The van der Waals surface area contributed by atoms with Gasteiger partial charge in [-0.3, -0.25) is 4.98 Å². The normalized spacial score (nSPS) is 16.4. The number of ether oxygens (including phenoxy) is 1. The molecule has 0 N–H and O–H groups in total. The number of nitrogens with zero attached hydrogens (tertiary/aromatic N) is 2. The molecule has 0 saturated heterocycles. The molecule has 0 radical (unpaired) electrons. The third-order valence-electron chi connectivity index (χ3n) is 3.01. The van der Waals surface area contributed by atoms with Crippen molar-refractivity contribution < 1.29 is 4.74 Å². The Bertz CT molecular complexity index is 603. The van der Waals surface area contributed by atoms with Gasteiger partial charge in [0.15, 0.2) is 0 Å². The van der Waals surface area contributed by atoms with Crippen LogP contribution in [-0.2, 0) is 10.3 Å². The third kappa shape index (κ3) is 1.78. The molecule has 0 aliphatic carbocycles. The van der Waals surface area contributed by atoms with Gasteiger partial charge in [0, 0.05) is 11.8 Å². The molecule has 3 nitrogen and oxygen atoms in total. The fourth-order valence-electron chi connectivity index (χ4n) is 2.11. The van der Waals surface area contributed by atoms with Gasteiger partial charge >= 0.3 is 0 Å². The minimum atomic E-state index is -0.384. The van der Waals surface area contributed by atoms with Crippen LogP contribution in [0.15, 0.2) is 53.7 Å². The maximum atomic E-state index is 5.97. The molecule has 0 saturated carbocycles. The van der Waals surface area contributed by atoms with E-state index in [4.69, 9.17) is 4.74 Å². The Morgan fingerprint density at radius 2 is 1.78 bits per heavy atom. The van der Waals surface area contributed by atoms with Crippen LogP contribution in [0.3, 0.4) is 0 Å². The number of fused-ring (bicyclic) bond motifs is 1. The molecule has 2 aromatic rings. The summed E-state index contributed by atoms with van der Waals surface area (Å²) in [6.07, 6.45) is 1.74. The molecule has 90 valence electrons. The summed E-state index contributed by atoms with van der Waals surface area (Å²) in [7, 11) is 0. The van der Waals surface area contributed by atoms with Gasteiger partial charge in [-0.15, -0.1) is 0 Å². The number of aromatic nitrogens is 1. The van der Waals surface area contributed by atoms with E-state index in [2.05, 4.69) is 9.98 Å². The Morgan fingerprint density at radius 1 is 1.00 bits per heavy atom. The van der Waals surface area contributed by atoms with E-state index in [9.17, 15) is 0 Å². The lowest BCUT2D eigenvalue weighted by Crippen LogP contribution is -2.29. The molecule has 1 aromatic carbocycles. The lowest BCUT2D eigenvalue weighted by atomic mass is 9.95. The molecule has 0 bridgehead atoms. The number of rotatable bonds is 1. The molecule has 0 unspecified atom stereocenters. The zero-order valence-corrected chi connectivity index (χ0v) is 10.4. The van der Waals surface area contributed by atoms with Crippen molar-refractivity contribution in [1.29, 1.82) is 0 Å². The second-order valence-electron chi connectivity index (χ2n) is 4.76. The molecule has 1 aromatic heterocycles. The van der Waals surface area contributed by atoms with Crippen LogP contribution in [-0.4, -0.2) is 10.9 Å². The second-order valence-corrected chi connectivity index (χ2v) is 4.76. The van der Waals surface area contributed by atoms with Crippen molar-refractivity contribution in [2.75, 3.05) is 0 Å². The van der Waals surface area contributed by atoms with Gasteiger partial charge in [0.2, 0.25) is 5.90 Å². The second kappa shape index (κ2) is 3.95. The van der Waals surface area contributed by atoms with E-state index in [1.807, 2.05) is 56.3 Å². The lowest BCUT2D eigenvalue weighted by molar-refractivity contribution is 0.0909. The minimum Gasteiger partial charge on any atom is -0.465 e. The highest BCUT2D eigenvalue weighted by Gasteiger charge is 2.31. The summed E-state index contributed by atoms with van der Waals surface area (Å²) in [5.74, 6) is 0.583. The molecule has 0 amide bonds. The molecule has 1 aliphatic rings. The predicted molar refractivity (Wildman–Crippen MR) is 71.0 cm³/mol. The number of pyridine rings is 1. The Morgan fingerprint density at radius 3 is 2.56 bits per heavy atom. The zero-order valence-electron chi connectivity index (χ0n) is 10.4. The maximum absolute atomic E-state index is 5.97. The van der Waals surface area contributed by atoms with E-state index >= 15 is 0 Å². The van der Waals surface area contributed by atoms with E-state index in [1.54, 1.807) is 6.20 Å². The Hall–Kier alpha value is -2.16. The fraction of sp³-hybridized carbons (Fsp3) is 0.200. The first-order valence-electron chi connectivity index (χ1n) is 5.95. The van der Waals surface area contributed by atoms with Gasteiger partial charge in [-0.2, -0.15) is 0 Å². The smallest absolute Gasteiger partial charge is 0.241 e. The highest BCUT2D eigenvalue weighted by Crippen LogP contribution is 2.37. The van der Waals surface area contributed by atoms with Gasteiger partial charge in [0.1, 0.15) is 11.3 Å². The van der Waals surface area contributed by atoms with Crippen LogP contribution in [0.2, 0.25) is 0 Å². The van der Waals surface area contributed by atoms with Gasteiger partial charge < -0.3 is 4.74 Å². The summed E-state index contributed by atoms with van der Waals surface area (Å²) < 4.78 is 5.97. The predicted octanol–water partition coefficient (Wildman–Crippen LogP) is 3.43. The first-order chi connectivity index (χ1) is 8.67. The van der Waals surface area contributed by atoms with E-state index in [0.717, 1.165) is 16.9 Å². The van der Waals surface area contributed by atoms with E-state index in [-0.39, 0.29) is 5.60 Å². The van der Waals surface area contributed by atoms with Crippen molar-refractivity contribution in [2.24, 2.45) is 4.99 Å². The topological polar surface area (TPSA) is 34.5 Å². The maximum Gasteiger partial charge on any atom is 0.241 e. The average molecular weight is 238 g/mol. The van der Waals surface area contributed by atoms with Crippen molar-refractivity contribution in [1.82, 2.24) is 4.98 Å². The van der Waals surface area contributed by atoms with Gasteiger partial charge in [-0.25, -0.2) is 4.99 Å². The number of hydrogen-bond acceptors (Lipinski definition) is 3. The highest BCUT2D eigenvalue weighted by atomic mass is 16.5. The largest absolute Gasteiger partial charge is 0.465 e. The van der Waals surface area contributed by atoms with Crippen LogP contribution in [0.1, 0.15) is 25.1 Å². The summed E-state index contributed by atoms with van der Waals surface area (Å²) in [5.41, 5.74) is 2.43. The first-order valence-corrected chi connectivity index (χ1v) is 5.95. The molecule has 0 atom stereocenters. The van der Waals surface area contributed by atoms with E-state index in [1.165, 1.54) is 0 Å². The molecule has 18 heavy (non-hydrogen) atoms. The number of hydrogen-bond donors (Lipinski definition) is 0. The van der Waals surface area contributed by atoms with E-state index in [0.29, 0.717) is 5.90 Å². The average Bonchev–Trinajstić information content (AvgIpc) is 2.39. The van der Waals surface area contributed by atoms with Crippen LogP contribution in [0.25, 0.3) is 0 Å². The van der Waals surface area contributed by atoms with Gasteiger partial charge in [0.25, 0.3) is 0 Å². The van der Waals surface area contributed by atoms with Crippen LogP contribution >= 0.6 is 0 Å². The molecule has 2 heterocycles. The molecule has 3 heteroatoms. The van der Waals surface area contributed by atoms with E-state index < -0.39 is 0 Å². The summed E-state index contributed by atoms with van der Waals surface area (Å²) in [5, 5.41) is 0. The third-order valence-corrected chi connectivity index (χ3v) is 3.01. The van der Waals surface area contributed by atoms with Gasteiger partial charge in [-0.1, -0.05) is 24.3 Å². The number of benzene rings is 1. The first kappa shape index (κ1) is 11.0. The van der Waals surface area contributed by atoms with Gasteiger partial charge in [-0.05, 0) is 32.0 Å². The van der Waals surface area contributed by atoms with Gasteiger partial charge in [0.05, 0.1) is 5.69 Å². The standard InChI is InChI=1S/C15H14N2O/c1-15(2)11-7-3-4-8-12(11)17-14(18-15)13-9-5-6-10-16-13/h3-10H,1-2H3. The molecule has 1 aliphatic heterocycles. The zero-order chi connectivity index (χ0) is 12.6. The molecule has 3 rings (SSSR count). The summed E-state index contributed by atoms with van der Waals surface area (Å²) >= 11 is 0. The Balaban J connectivity index is 2.14. The highest BCUT2D eigenvalue weighted by molar-refractivity contribution is 5.95. The number of aliphatic imine (C=N–C) groups is 1.